The zero-order valence-electron chi connectivity index (χ0n) is 11.3. The maximum Gasteiger partial charge on any atom is 0.178 e. The second-order valence-corrected chi connectivity index (χ2v) is 4.25. The molecule has 0 amide bonds. The minimum Gasteiger partial charge on any atom is -0.409 e. The summed E-state index contributed by atoms with van der Waals surface area (Å²) in [7, 11) is 1.68. The Balaban J connectivity index is 2.09. The maximum absolute atomic E-state index is 8.76. The summed E-state index contributed by atoms with van der Waals surface area (Å²) in [4.78, 5) is 11.6. The fourth-order valence-electron chi connectivity index (χ4n) is 1.86. The predicted octanol–water partition coefficient (Wildman–Crippen LogP) is 0.179. The highest BCUT2D eigenvalue weighted by Gasteiger charge is 2.10. The highest BCUT2D eigenvalue weighted by atomic mass is 16.5. The Labute approximate surface area is 116 Å². The van der Waals surface area contributed by atoms with Gasteiger partial charge in [-0.1, -0.05) is 5.16 Å². The third-order valence-electron chi connectivity index (χ3n) is 2.82. The lowest BCUT2D eigenvalue weighted by Crippen LogP contribution is -2.17. The molecule has 0 atom stereocenters. The van der Waals surface area contributed by atoms with Gasteiger partial charge < -0.3 is 26.0 Å². The van der Waals surface area contributed by atoms with Crippen LogP contribution >= 0.6 is 0 Å². The molecule has 108 valence electrons. The van der Waals surface area contributed by atoms with Gasteiger partial charge in [0.1, 0.15) is 5.82 Å². The number of methoxy groups -OCH3 is 1. The molecular formula is C12H18N6O2. The van der Waals surface area contributed by atoms with Gasteiger partial charge in [-0.05, 0) is 19.0 Å². The first-order valence-electron chi connectivity index (χ1n) is 6.27. The van der Waals surface area contributed by atoms with Gasteiger partial charge in [-0.25, -0.2) is 9.97 Å². The number of imidazole rings is 1. The molecule has 8 nitrogen and oxygen atoms in total. The molecule has 2 heterocycles. The summed E-state index contributed by atoms with van der Waals surface area (Å²) >= 11 is 0. The van der Waals surface area contributed by atoms with E-state index in [0.29, 0.717) is 23.3 Å². The second kappa shape index (κ2) is 6.83. The first kappa shape index (κ1) is 14.2. The molecule has 0 bridgehead atoms. The van der Waals surface area contributed by atoms with Gasteiger partial charge in [0.05, 0.1) is 12.1 Å². The summed E-state index contributed by atoms with van der Waals surface area (Å²) in [5, 5.41) is 15.0. The largest absolute Gasteiger partial charge is 0.409 e. The number of fused-ring (bicyclic) bond motifs is 1. The number of amidine groups is 1. The maximum atomic E-state index is 8.76. The van der Waals surface area contributed by atoms with Gasteiger partial charge in [0.2, 0.25) is 0 Å². The van der Waals surface area contributed by atoms with Gasteiger partial charge >= 0.3 is 0 Å². The van der Waals surface area contributed by atoms with Crippen molar-refractivity contribution in [3.8, 4) is 0 Å². The number of H-pyrrole nitrogens is 1. The molecule has 2 aromatic heterocycles. The average Bonchev–Trinajstić information content (AvgIpc) is 2.88. The number of hydrogen-bond acceptors (Lipinski definition) is 6. The van der Waals surface area contributed by atoms with Crippen molar-refractivity contribution < 1.29 is 9.94 Å². The Morgan fingerprint density at radius 3 is 3.20 bits per heavy atom. The molecule has 20 heavy (non-hydrogen) atoms. The highest BCUT2D eigenvalue weighted by Crippen LogP contribution is 2.13. The number of pyridine rings is 1. The SMILES string of the molecule is COCCCNCc1nc2nccc(/C(N)=N/O)c2[nH]1. The van der Waals surface area contributed by atoms with Crippen LogP contribution in [-0.2, 0) is 11.3 Å². The van der Waals surface area contributed by atoms with E-state index in [-0.39, 0.29) is 5.84 Å². The van der Waals surface area contributed by atoms with Crippen LogP contribution in [0.4, 0.5) is 0 Å². The molecule has 0 saturated carbocycles. The number of nitrogens with one attached hydrogen (secondary N) is 2. The minimum atomic E-state index is 0.0284. The van der Waals surface area contributed by atoms with Crippen molar-refractivity contribution in [2.45, 2.75) is 13.0 Å². The summed E-state index contributed by atoms with van der Waals surface area (Å²) in [6.07, 6.45) is 2.51. The minimum absolute atomic E-state index is 0.0284. The van der Waals surface area contributed by atoms with Crippen LogP contribution in [0.15, 0.2) is 17.4 Å². The summed E-state index contributed by atoms with van der Waals surface area (Å²) in [5.74, 6) is 0.781. The number of nitrogens with zero attached hydrogens (tertiary/aromatic N) is 3. The molecule has 0 fully saturated rings. The van der Waals surface area contributed by atoms with Crippen LogP contribution in [0.3, 0.4) is 0 Å². The molecule has 0 radical (unpaired) electrons. The van der Waals surface area contributed by atoms with Crippen molar-refractivity contribution in [1.29, 1.82) is 0 Å². The molecular weight excluding hydrogens is 260 g/mol. The van der Waals surface area contributed by atoms with E-state index in [9.17, 15) is 0 Å². The van der Waals surface area contributed by atoms with Gasteiger partial charge in [0.25, 0.3) is 0 Å². The average molecular weight is 278 g/mol. The molecule has 2 rings (SSSR count). The number of rotatable bonds is 7. The van der Waals surface area contributed by atoms with Crippen LogP contribution in [0.25, 0.3) is 11.2 Å². The van der Waals surface area contributed by atoms with Crippen LogP contribution in [0.1, 0.15) is 17.8 Å². The number of nitrogens with two attached hydrogens (primary N) is 1. The molecule has 8 heteroatoms. The smallest absolute Gasteiger partial charge is 0.178 e. The summed E-state index contributed by atoms with van der Waals surface area (Å²) in [6, 6.07) is 1.67. The van der Waals surface area contributed by atoms with Gasteiger partial charge in [-0.2, -0.15) is 0 Å². The summed E-state index contributed by atoms with van der Waals surface area (Å²) in [5.41, 5.74) is 7.41. The van der Waals surface area contributed by atoms with Crippen molar-refractivity contribution in [2.75, 3.05) is 20.3 Å². The van der Waals surface area contributed by atoms with Crippen LogP contribution in [0.2, 0.25) is 0 Å². The van der Waals surface area contributed by atoms with Crippen LogP contribution < -0.4 is 11.1 Å². The Hall–Kier alpha value is -2.19. The zero-order valence-corrected chi connectivity index (χ0v) is 11.3. The van der Waals surface area contributed by atoms with E-state index in [1.165, 1.54) is 0 Å². The lowest BCUT2D eigenvalue weighted by atomic mass is 10.2. The molecule has 0 aliphatic carbocycles. The quantitative estimate of drug-likeness (QED) is 0.188. The van der Waals surface area contributed by atoms with Gasteiger partial charge in [0.15, 0.2) is 11.5 Å². The molecule has 0 aromatic carbocycles. The van der Waals surface area contributed by atoms with Gasteiger partial charge in [0, 0.05) is 25.5 Å². The molecule has 5 N–H and O–H groups in total. The van der Waals surface area contributed by atoms with Crippen LogP contribution in [-0.4, -0.2) is 46.3 Å². The van der Waals surface area contributed by atoms with Crippen molar-refractivity contribution in [3.63, 3.8) is 0 Å². The van der Waals surface area contributed by atoms with Crippen LogP contribution in [0.5, 0.6) is 0 Å². The Morgan fingerprint density at radius 1 is 1.60 bits per heavy atom. The standard InChI is InChI=1S/C12H18N6O2/c1-20-6-2-4-14-7-9-16-10-8(11(13)18-19)3-5-15-12(10)17-9/h3,5,14,19H,2,4,6-7H2,1H3,(H2,13,18)(H,15,16,17). The summed E-state index contributed by atoms with van der Waals surface area (Å²) < 4.78 is 4.97. The molecule has 0 aliphatic rings. The normalized spacial score (nSPS) is 12.2. The van der Waals surface area contributed by atoms with E-state index >= 15 is 0 Å². The molecule has 0 aliphatic heterocycles. The number of aromatic nitrogens is 3. The predicted molar refractivity (Wildman–Crippen MR) is 74.6 cm³/mol. The Morgan fingerprint density at radius 2 is 2.45 bits per heavy atom. The molecule has 2 aromatic rings. The third-order valence-corrected chi connectivity index (χ3v) is 2.82. The lowest BCUT2D eigenvalue weighted by Gasteiger charge is -2.01. The monoisotopic (exact) mass is 278 g/mol. The van der Waals surface area contributed by atoms with Crippen molar-refractivity contribution in [1.82, 2.24) is 20.3 Å². The summed E-state index contributed by atoms with van der Waals surface area (Å²) in [6.45, 7) is 2.16. The Kier molecular flexibility index (Phi) is 4.85. The topological polar surface area (TPSA) is 121 Å². The second-order valence-electron chi connectivity index (χ2n) is 4.25. The van der Waals surface area contributed by atoms with Crippen molar-refractivity contribution in [3.05, 3.63) is 23.7 Å². The number of aromatic amines is 1. The van der Waals surface area contributed by atoms with Gasteiger partial charge in [-0.3, -0.25) is 0 Å². The van der Waals surface area contributed by atoms with Crippen LogP contribution in [0, 0.1) is 0 Å². The van der Waals surface area contributed by atoms with Crippen molar-refractivity contribution in [2.24, 2.45) is 10.9 Å². The number of oxime groups is 1. The number of ether oxygens (including phenoxy) is 1. The van der Waals surface area contributed by atoms with E-state index in [1.807, 2.05) is 0 Å². The lowest BCUT2D eigenvalue weighted by molar-refractivity contribution is 0.194. The molecule has 0 saturated heterocycles. The van der Waals surface area contributed by atoms with Gasteiger partial charge in [-0.15, -0.1) is 0 Å². The first-order valence-corrected chi connectivity index (χ1v) is 6.27. The van der Waals surface area contributed by atoms with Crippen molar-refractivity contribution >= 4 is 17.0 Å². The number of hydrogen-bond donors (Lipinski definition) is 4. The molecule has 0 unspecified atom stereocenters. The molecule has 0 spiro atoms. The fourth-order valence-corrected chi connectivity index (χ4v) is 1.86. The van der Waals surface area contributed by atoms with E-state index in [1.54, 1.807) is 19.4 Å². The highest BCUT2D eigenvalue weighted by molar-refractivity contribution is 6.05. The van der Waals surface area contributed by atoms with E-state index < -0.39 is 0 Å². The van der Waals surface area contributed by atoms with E-state index in [0.717, 1.165) is 25.4 Å². The zero-order chi connectivity index (χ0) is 14.4. The van der Waals surface area contributed by atoms with E-state index in [2.05, 4.69) is 25.4 Å². The third kappa shape index (κ3) is 3.22. The Bertz CT molecular complexity index is 595. The first-order chi connectivity index (χ1) is 9.76. The fraction of sp³-hybridized carbons (Fsp3) is 0.417. The van der Waals surface area contributed by atoms with E-state index in [4.69, 9.17) is 15.7 Å².